The number of hydrogen-bond acceptors (Lipinski definition) is 4. The lowest BCUT2D eigenvalue weighted by molar-refractivity contribution is -0.391. The van der Waals surface area contributed by atoms with Crippen molar-refractivity contribution >= 4 is 5.95 Å². The van der Waals surface area contributed by atoms with Crippen LogP contribution in [0.25, 0.3) is 0 Å². The van der Waals surface area contributed by atoms with Crippen LogP contribution in [0.15, 0.2) is 12.7 Å². The molecule has 1 aromatic heterocycles. The van der Waals surface area contributed by atoms with Crippen molar-refractivity contribution in [2.24, 2.45) is 0 Å². The number of halogens is 18. The summed E-state index contributed by atoms with van der Waals surface area (Å²) in [5.41, 5.74) is -14.9. The molecule has 0 fully saturated rings. The third kappa shape index (κ3) is 4.57. The van der Waals surface area contributed by atoms with E-state index in [4.69, 9.17) is 0 Å². The first-order valence-electron chi connectivity index (χ1n) is 8.16. The third-order valence-corrected chi connectivity index (χ3v) is 4.26. The standard InChI is InChI=1S/C14H6F18N4/c1-2-3-33-6-35-4(7(9(15,16)17,10(18,19)20)11(21,22)23)34-5(36-6)8(12(24,25)26,13(27,28)29)14(30,31)32/h2H,1,3H2,(H,33,34,35,36). The van der Waals surface area contributed by atoms with E-state index >= 15 is 0 Å². The number of nitrogens with zero attached hydrogens (tertiary/aromatic N) is 3. The summed E-state index contributed by atoms with van der Waals surface area (Å²) < 4.78 is 240. The minimum atomic E-state index is -7.71. The molecular formula is C14H6F18N4. The lowest BCUT2D eigenvalue weighted by Gasteiger charge is -2.39. The Morgan fingerprint density at radius 2 is 0.750 bits per heavy atom. The number of rotatable bonds is 5. The summed E-state index contributed by atoms with van der Waals surface area (Å²) >= 11 is 0. The molecule has 0 aromatic carbocycles. The predicted molar refractivity (Wildman–Crippen MR) is 78.2 cm³/mol. The van der Waals surface area contributed by atoms with Crippen LogP contribution in [-0.4, -0.2) is 58.6 Å². The summed E-state index contributed by atoms with van der Waals surface area (Å²) in [6.45, 7) is 1.75. The molecule has 0 bridgehead atoms. The topological polar surface area (TPSA) is 50.7 Å². The van der Waals surface area contributed by atoms with Crippen molar-refractivity contribution in [2.75, 3.05) is 11.9 Å². The van der Waals surface area contributed by atoms with Crippen LogP contribution in [0.4, 0.5) is 85.0 Å². The molecule has 36 heavy (non-hydrogen) atoms. The highest BCUT2D eigenvalue weighted by Gasteiger charge is 2.89. The van der Waals surface area contributed by atoms with Gasteiger partial charge in [0.05, 0.1) is 0 Å². The zero-order valence-corrected chi connectivity index (χ0v) is 16.1. The van der Waals surface area contributed by atoms with Gasteiger partial charge in [0.2, 0.25) is 5.95 Å². The van der Waals surface area contributed by atoms with E-state index < -0.39 is 72.0 Å². The van der Waals surface area contributed by atoms with Crippen LogP contribution in [0.1, 0.15) is 11.6 Å². The average molecular weight is 572 g/mol. The van der Waals surface area contributed by atoms with E-state index in [1.54, 1.807) is 0 Å². The lowest BCUT2D eigenvalue weighted by Crippen LogP contribution is -2.66. The molecule has 0 saturated heterocycles. The van der Waals surface area contributed by atoms with E-state index in [-0.39, 0.29) is 0 Å². The van der Waals surface area contributed by atoms with Crippen molar-refractivity contribution in [1.82, 2.24) is 15.0 Å². The molecule has 1 aromatic rings. The molecule has 208 valence electrons. The van der Waals surface area contributed by atoms with E-state index in [1.807, 2.05) is 9.97 Å². The summed E-state index contributed by atoms with van der Waals surface area (Å²) in [4.78, 5) is 5.20. The van der Waals surface area contributed by atoms with Crippen LogP contribution in [-0.2, 0) is 10.8 Å². The highest BCUT2D eigenvalue weighted by molar-refractivity contribution is 5.35. The van der Waals surface area contributed by atoms with Crippen molar-refractivity contribution in [3.63, 3.8) is 0 Å². The van der Waals surface area contributed by atoms with Gasteiger partial charge in [0, 0.05) is 6.54 Å². The molecule has 0 amide bonds. The monoisotopic (exact) mass is 572 g/mol. The van der Waals surface area contributed by atoms with Crippen molar-refractivity contribution in [1.29, 1.82) is 0 Å². The summed E-state index contributed by atoms with van der Waals surface area (Å²) in [7, 11) is 0. The fraction of sp³-hybridized carbons (Fsp3) is 0.643. The molecular weight excluding hydrogens is 566 g/mol. The second-order valence-corrected chi connectivity index (χ2v) is 6.46. The molecule has 0 atom stereocenters. The number of nitrogens with one attached hydrogen (secondary N) is 1. The lowest BCUT2D eigenvalue weighted by atomic mass is 9.82. The van der Waals surface area contributed by atoms with Crippen molar-refractivity contribution in [3.05, 3.63) is 24.3 Å². The maximum atomic E-state index is 13.3. The molecule has 4 nitrogen and oxygen atoms in total. The zero-order valence-electron chi connectivity index (χ0n) is 16.1. The van der Waals surface area contributed by atoms with Crippen LogP contribution >= 0.6 is 0 Å². The largest absolute Gasteiger partial charge is 0.419 e. The van der Waals surface area contributed by atoms with Crippen LogP contribution in [0.3, 0.4) is 0 Å². The average Bonchev–Trinajstić information content (AvgIpc) is 2.52. The van der Waals surface area contributed by atoms with E-state index in [0.29, 0.717) is 6.08 Å². The molecule has 0 radical (unpaired) electrons. The maximum Gasteiger partial charge on any atom is 0.419 e. The molecule has 0 aliphatic heterocycles. The molecule has 1 rings (SSSR count). The predicted octanol–water partition coefficient (Wildman–Crippen LogP) is 6.32. The minimum absolute atomic E-state index is 0.526. The van der Waals surface area contributed by atoms with Crippen LogP contribution in [0.2, 0.25) is 0 Å². The van der Waals surface area contributed by atoms with Gasteiger partial charge in [-0.25, -0.2) is 4.98 Å². The van der Waals surface area contributed by atoms with Gasteiger partial charge in [-0.05, 0) is 0 Å². The van der Waals surface area contributed by atoms with Gasteiger partial charge in [-0.15, -0.1) is 6.58 Å². The minimum Gasteiger partial charge on any atom is -0.351 e. The van der Waals surface area contributed by atoms with E-state index in [0.717, 1.165) is 0 Å². The Morgan fingerprint density at radius 1 is 0.500 bits per heavy atom. The Hall–Kier alpha value is -2.71. The summed E-state index contributed by atoms with van der Waals surface area (Å²) in [6, 6.07) is 0. The van der Waals surface area contributed by atoms with Crippen molar-refractivity contribution in [2.45, 2.75) is 47.9 Å². The molecule has 0 aliphatic rings. The van der Waals surface area contributed by atoms with Crippen molar-refractivity contribution in [3.8, 4) is 0 Å². The molecule has 0 unspecified atom stereocenters. The summed E-state index contributed by atoms with van der Waals surface area (Å²) in [6.07, 6.45) is -45.8. The van der Waals surface area contributed by atoms with Crippen LogP contribution < -0.4 is 5.32 Å². The highest BCUT2D eigenvalue weighted by atomic mass is 19.4. The number of hydrogen-bond donors (Lipinski definition) is 1. The van der Waals surface area contributed by atoms with Gasteiger partial charge < -0.3 is 5.32 Å². The first-order valence-corrected chi connectivity index (χ1v) is 8.16. The Kier molecular flexibility index (Phi) is 7.57. The number of aromatic nitrogens is 3. The van der Waals surface area contributed by atoms with Gasteiger partial charge in [-0.2, -0.15) is 89.0 Å². The van der Waals surface area contributed by atoms with Crippen LogP contribution in [0.5, 0.6) is 0 Å². The van der Waals surface area contributed by atoms with Gasteiger partial charge in [-0.3, -0.25) is 0 Å². The Balaban J connectivity index is 4.56. The molecule has 1 heterocycles. The maximum absolute atomic E-state index is 13.3. The second-order valence-electron chi connectivity index (χ2n) is 6.46. The van der Waals surface area contributed by atoms with Gasteiger partial charge in [0.1, 0.15) is 0 Å². The van der Waals surface area contributed by atoms with E-state index in [9.17, 15) is 79.0 Å². The summed E-state index contributed by atoms with van der Waals surface area (Å²) in [5, 5.41) is 1.24. The fourth-order valence-corrected chi connectivity index (χ4v) is 2.68. The normalized spacial score (nSPS) is 15.2. The van der Waals surface area contributed by atoms with E-state index in [1.165, 1.54) is 10.3 Å². The quantitative estimate of drug-likeness (QED) is 0.332. The molecule has 1 N–H and O–H groups in total. The smallest absolute Gasteiger partial charge is 0.351 e. The highest BCUT2D eigenvalue weighted by Crippen LogP contribution is 2.62. The first-order chi connectivity index (χ1) is 15.6. The van der Waals surface area contributed by atoms with Gasteiger partial charge in [0.15, 0.2) is 11.6 Å². The molecule has 0 saturated carbocycles. The zero-order chi connectivity index (χ0) is 29.0. The molecule has 0 aliphatic carbocycles. The van der Waals surface area contributed by atoms with Gasteiger partial charge in [-0.1, -0.05) is 6.08 Å². The third-order valence-electron chi connectivity index (χ3n) is 4.26. The number of alkyl halides is 18. The number of anilines is 1. The first kappa shape index (κ1) is 31.3. The Bertz CT molecular complexity index is 805. The fourth-order valence-electron chi connectivity index (χ4n) is 2.68. The second kappa shape index (κ2) is 8.70. The van der Waals surface area contributed by atoms with E-state index in [2.05, 4.69) is 6.58 Å². The molecule has 0 spiro atoms. The molecule has 22 heteroatoms. The van der Waals surface area contributed by atoms with Crippen molar-refractivity contribution < 1.29 is 79.0 Å². The SMILES string of the molecule is C=CCNc1nc(C(C(F)(F)F)(C(F)(F)F)C(F)(F)F)nc(C(C(F)(F)F)(C(F)(F)F)C(F)(F)F)n1. The van der Waals surface area contributed by atoms with Gasteiger partial charge in [0.25, 0.3) is 0 Å². The van der Waals surface area contributed by atoms with Crippen LogP contribution in [0, 0.1) is 0 Å². The Labute approximate surface area is 185 Å². The van der Waals surface area contributed by atoms with Gasteiger partial charge >= 0.3 is 47.9 Å². The Morgan fingerprint density at radius 3 is 0.944 bits per heavy atom. The summed E-state index contributed by atoms with van der Waals surface area (Å²) in [5.74, 6) is -10.3.